The van der Waals surface area contributed by atoms with Crippen molar-refractivity contribution in [2.45, 2.75) is 50.2 Å². The van der Waals surface area contributed by atoms with Gasteiger partial charge in [-0.15, -0.1) is 0 Å². The molecule has 0 aliphatic carbocycles. The molecule has 0 saturated carbocycles. The van der Waals surface area contributed by atoms with E-state index < -0.39 is 0 Å². The molecule has 4 heteroatoms. The molecule has 1 amide bonds. The molecule has 2 bridgehead atoms. The maximum Gasteiger partial charge on any atom is 0.226 e. The summed E-state index contributed by atoms with van der Waals surface area (Å²) >= 11 is 2.29. The lowest BCUT2D eigenvalue weighted by Gasteiger charge is -2.35. The SMILES string of the molecule is CN(C(=O)Cc1cccc(I)c1)C1CC2CCC(C1)N2. The van der Waals surface area contributed by atoms with Crippen molar-refractivity contribution in [3.05, 3.63) is 33.4 Å². The van der Waals surface area contributed by atoms with Crippen LogP contribution in [0.4, 0.5) is 0 Å². The smallest absolute Gasteiger partial charge is 0.226 e. The summed E-state index contributed by atoms with van der Waals surface area (Å²) in [5.74, 6) is 0.248. The number of hydrogen-bond donors (Lipinski definition) is 1. The number of nitrogens with zero attached hydrogens (tertiary/aromatic N) is 1. The van der Waals surface area contributed by atoms with E-state index in [1.807, 2.05) is 24.1 Å². The largest absolute Gasteiger partial charge is 0.342 e. The Labute approximate surface area is 134 Å². The minimum atomic E-state index is 0.248. The Morgan fingerprint density at radius 2 is 2.05 bits per heavy atom. The standard InChI is InChI=1S/C16H21IN2O/c1-19(15-9-13-5-6-14(10-15)18-13)16(20)8-11-3-2-4-12(17)7-11/h2-4,7,13-15,18H,5-6,8-10H2,1H3. The van der Waals surface area contributed by atoms with Crippen molar-refractivity contribution in [1.82, 2.24) is 10.2 Å². The Kier molecular flexibility index (Phi) is 4.31. The average molecular weight is 384 g/mol. The van der Waals surface area contributed by atoms with Gasteiger partial charge in [-0.1, -0.05) is 12.1 Å². The van der Waals surface area contributed by atoms with Crippen LogP contribution in [0.5, 0.6) is 0 Å². The highest BCUT2D eigenvalue weighted by Crippen LogP contribution is 2.29. The van der Waals surface area contributed by atoms with Crippen LogP contribution in [-0.4, -0.2) is 36.0 Å². The number of amides is 1. The van der Waals surface area contributed by atoms with Gasteiger partial charge in [-0.3, -0.25) is 4.79 Å². The lowest BCUT2D eigenvalue weighted by Crippen LogP contribution is -2.49. The summed E-state index contributed by atoms with van der Waals surface area (Å²) in [4.78, 5) is 14.5. The summed E-state index contributed by atoms with van der Waals surface area (Å²) in [7, 11) is 1.98. The van der Waals surface area contributed by atoms with Crippen molar-refractivity contribution in [2.75, 3.05) is 7.05 Å². The van der Waals surface area contributed by atoms with Crippen LogP contribution in [0.15, 0.2) is 24.3 Å². The molecule has 0 spiro atoms. The molecule has 2 fully saturated rings. The van der Waals surface area contributed by atoms with Crippen molar-refractivity contribution in [3.8, 4) is 0 Å². The monoisotopic (exact) mass is 384 g/mol. The zero-order valence-corrected chi connectivity index (χ0v) is 14.0. The molecule has 108 valence electrons. The van der Waals surface area contributed by atoms with Gasteiger partial charge < -0.3 is 10.2 Å². The van der Waals surface area contributed by atoms with Crippen LogP contribution < -0.4 is 5.32 Å². The molecule has 1 N–H and O–H groups in total. The van der Waals surface area contributed by atoms with Crippen LogP contribution >= 0.6 is 22.6 Å². The third kappa shape index (κ3) is 3.17. The highest BCUT2D eigenvalue weighted by atomic mass is 127. The molecular weight excluding hydrogens is 363 g/mol. The topological polar surface area (TPSA) is 32.3 Å². The maximum absolute atomic E-state index is 12.5. The number of nitrogens with one attached hydrogen (secondary N) is 1. The molecule has 2 saturated heterocycles. The van der Waals surface area contributed by atoms with Crippen molar-refractivity contribution in [2.24, 2.45) is 0 Å². The van der Waals surface area contributed by atoms with E-state index in [0.29, 0.717) is 24.5 Å². The summed E-state index contributed by atoms with van der Waals surface area (Å²) in [5, 5.41) is 3.63. The van der Waals surface area contributed by atoms with Gasteiger partial charge in [0, 0.05) is 28.7 Å². The van der Waals surface area contributed by atoms with E-state index in [2.05, 4.69) is 40.0 Å². The molecule has 1 aromatic rings. The quantitative estimate of drug-likeness (QED) is 0.813. The van der Waals surface area contributed by atoms with Crippen LogP contribution in [0.1, 0.15) is 31.2 Å². The highest BCUT2D eigenvalue weighted by Gasteiger charge is 2.36. The van der Waals surface area contributed by atoms with E-state index >= 15 is 0 Å². The summed E-state index contributed by atoms with van der Waals surface area (Å²) in [6.45, 7) is 0. The van der Waals surface area contributed by atoms with E-state index in [4.69, 9.17) is 0 Å². The van der Waals surface area contributed by atoms with E-state index in [0.717, 1.165) is 18.4 Å². The zero-order valence-electron chi connectivity index (χ0n) is 11.8. The number of carbonyl (C=O) groups is 1. The zero-order chi connectivity index (χ0) is 14.1. The second-order valence-electron chi connectivity index (χ2n) is 6.07. The number of rotatable bonds is 3. The minimum Gasteiger partial charge on any atom is -0.342 e. The molecule has 20 heavy (non-hydrogen) atoms. The van der Waals surface area contributed by atoms with Gasteiger partial charge >= 0.3 is 0 Å². The molecule has 2 aliphatic heterocycles. The Balaban J connectivity index is 1.62. The number of benzene rings is 1. The average Bonchev–Trinajstić information content (AvgIpc) is 2.76. The van der Waals surface area contributed by atoms with Crippen molar-refractivity contribution in [3.63, 3.8) is 0 Å². The summed E-state index contributed by atoms with van der Waals surface area (Å²) in [5.41, 5.74) is 1.12. The highest BCUT2D eigenvalue weighted by molar-refractivity contribution is 14.1. The van der Waals surface area contributed by atoms with Crippen LogP contribution in [0.2, 0.25) is 0 Å². The van der Waals surface area contributed by atoms with Gasteiger partial charge in [-0.25, -0.2) is 0 Å². The summed E-state index contributed by atoms with van der Waals surface area (Å²) in [6.07, 6.45) is 5.31. The summed E-state index contributed by atoms with van der Waals surface area (Å²) < 4.78 is 1.19. The molecule has 2 unspecified atom stereocenters. The fraction of sp³-hybridized carbons (Fsp3) is 0.562. The third-order valence-electron chi connectivity index (χ3n) is 4.63. The van der Waals surface area contributed by atoms with E-state index in [-0.39, 0.29) is 5.91 Å². The first-order valence-corrected chi connectivity index (χ1v) is 8.46. The molecule has 3 rings (SSSR count). The maximum atomic E-state index is 12.5. The third-order valence-corrected chi connectivity index (χ3v) is 5.30. The number of carbonyl (C=O) groups excluding carboxylic acids is 1. The number of likely N-dealkylation sites (N-methyl/N-ethyl adjacent to an activating group) is 1. The Morgan fingerprint density at radius 3 is 2.70 bits per heavy atom. The van der Waals surface area contributed by atoms with E-state index in [1.165, 1.54) is 16.4 Å². The van der Waals surface area contributed by atoms with Gasteiger partial charge in [0.1, 0.15) is 0 Å². The molecule has 2 heterocycles. The first-order chi connectivity index (χ1) is 9.61. The number of halogens is 1. The Hall–Kier alpha value is -0.620. The van der Waals surface area contributed by atoms with E-state index in [9.17, 15) is 4.79 Å². The van der Waals surface area contributed by atoms with Crippen LogP contribution in [0, 0.1) is 3.57 Å². The molecule has 0 aromatic heterocycles. The van der Waals surface area contributed by atoms with Gasteiger partial charge in [-0.2, -0.15) is 0 Å². The number of piperidine rings is 1. The van der Waals surface area contributed by atoms with Gasteiger partial charge in [0.15, 0.2) is 0 Å². The number of fused-ring (bicyclic) bond motifs is 2. The predicted molar refractivity (Wildman–Crippen MR) is 88.6 cm³/mol. The lowest BCUT2D eigenvalue weighted by molar-refractivity contribution is -0.131. The first-order valence-electron chi connectivity index (χ1n) is 7.38. The minimum absolute atomic E-state index is 0.248. The van der Waals surface area contributed by atoms with Crippen LogP contribution in [-0.2, 0) is 11.2 Å². The number of hydrogen-bond acceptors (Lipinski definition) is 2. The van der Waals surface area contributed by atoms with Crippen LogP contribution in [0.3, 0.4) is 0 Å². The van der Waals surface area contributed by atoms with Crippen LogP contribution in [0.25, 0.3) is 0 Å². The van der Waals surface area contributed by atoms with Crippen molar-refractivity contribution < 1.29 is 4.79 Å². The predicted octanol–water partition coefficient (Wildman–Crippen LogP) is 2.58. The van der Waals surface area contributed by atoms with Crippen molar-refractivity contribution >= 4 is 28.5 Å². The summed E-state index contributed by atoms with van der Waals surface area (Å²) in [6, 6.07) is 9.90. The fourth-order valence-electron chi connectivity index (χ4n) is 3.49. The second kappa shape index (κ2) is 6.02. The van der Waals surface area contributed by atoms with Crippen molar-refractivity contribution in [1.29, 1.82) is 0 Å². The van der Waals surface area contributed by atoms with E-state index in [1.54, 1.807) is 0 Å². The Bertz CT molecular complexity index is 493. The normalized spacial score (nSPS) is 28.4. The van der Waals surface area contributed by atoms with Gasteiger partial charge in [-0.05, 0) is 66.0 Å². The Morgan fingerprint density at radius 1 is 1.35 bits per heavy atom. The first kappa shape index (κ1) is 14.3. The molecule has 3 nitrogen and oxygen atoms in total. The molecule has 0 radical (unpaired) electrons. The molecular formula is C16H21IN2O. The molecule has 2 aliphatic rings. The second-order valence-corrected chi connectivity index (χ2v) is 7.32. The lowest BCUT2D eigenvalue weighted by atomic mass is 9.98. The fourth-order valence-corrected chi connectivity index (χ4v) is 4.10. The van der Waals surface area contributed by atoms with Gasteiger partial charge in [0.25, 0.3) is 0 Å². The van der Waals surface area contributed by atoms with Gasteiger partial charge in [0.05, 0.1) is 6.42 Å². The molecule has 2 atom stereocenters. The molecule has 1 aromatic carbocycles. The van der Waals surface area contributed by atoms with Gasteiger partial charge in [0.2, 0.25) is 5.91 Å².